The van der Waals surface area contributed by atoms with E-state index in [0.29, 0.717) is 22.6 Å². The van der Waals surface area contributed by atoms with Gasteiger partial charge in [0.15, 0.2) is 0 Å². The Kier molecular flexibility index (Phi) is 4.62. The molecule has 3 N–H and O–H groups in total. The molecule has 0 aliphatic heterocycles. The molecule has 2 rings (SSSR count). The van der Waals surface area contributed by atoms with Crippen molar-refractivity contribution < 1.29 is 24.3 Å². The molecule has 22 heavy (non-hydrogen) atoms. The normalized spacial score (nSPS) is 10.8. The number of fused-ring (bicyclic) bond motifs is 1. The number of hydrogen-bond donors (Lipinski definition) is 3. The van der Waals surface area contributed by atoms with Gasteiger partial charge in [-0.1, -0.05) is 5.16 Å². The zero-order chi connectivity index (χ0) is 16.1. The Bertz CT molecular complexity index is 735. The maximum absolute atomic E-state index is 11.7. The van der Waals surface area contributed by atoms with Gasteiger partial charge in [-0.15, -0.1) is 0 Å². The Balaban J connectivity index is 2.41. The maximum atomic E-state index is 11.7. The highest BCUT2D eigenvalue weighted by atomic mass is 16.5. The molecule has 0 aliphatic rings. The molecule has 8 nitrogen and oxygen atoms in total. The number of oxime groups is 1. The van der Waals surface area contributed by atoms with E-state index in [1.54, 1.807) is 25.1 Å². The van der Waals surface area contributed by atoms with Crippen LogP contribution in [-0.4, -0.2) is 42.0 Å². The van der Waals surface area contributed by atoms with Gasteiger partial charge in [0.1, 0.15) is 17.7 Å². The lowest BCUT2D eigenvalue weighted by Crippen LogP contribution is -2.13. The van der Waals surface area contributed by atoms with E-state index >= 15 is 0 Å². The fraction of sp³-hybridized carbons (Fsp3) is 0.214. The van der Waals surface area contributed by atoms with Gasteiger partial charge < -0.3 is 25.0 Å². The van der Waals surface area contributed by atoms with Crippen LogP contribution in [0, 0.1) is 0 Å². The zero-order valence-electron chi connectivity index (χ0n) is 12.0. The first-order chi connectivity index (χ1) is 10.6. The van der Waals surface area contributed by atoms with E-state index in [1.165, 1.54) is 7.11 Å². The number of H-pyrrole nitrogens is 1. The summed E-state index contributed by atoms with van der Waals surface area (Å²) >= 11 is 0. The number of carbonyl (C=O) groups is 2. The number of benzene rings is 1. The maximum Gasteiger partial charge on any atom is 0.354 e. The Morgan fingerprint density at radius 3 is 2.82 bits per heavy atom. The highest BCUT2D eigenvalue weighted by Gasteiger charge is 2.14. The van der Waals surface area contributed by atoms with Gasteiger partial charge >= 0.3 is 5.97 Å². The lowest BCUT2D eigenvalue weighted by atomic mass is 10.2. The minimum absolute atomic E-state index is 0.277. The second-order valence-corrected chi connectivity index (χ2v) is 4.28. The predicted octanol–water partition coefficient (Wildman–Crippen LogP) is 1.75. The lowest BCUT2D eigenvalue weighted by molar-refractivity contribution is -0.110. The van der Waals surface area contributed by atoms with Gasteiger partial charge in [0.2, 0.25) is 0 Å². The number of aromatic nitrogens is 1. The molecule has 1 heterocycles. The summed E-state index contributed by atoms with van der Waals surface area (Å²) in [5.74, 6) is -0.672. The number of anilines is 1. The summed E-state index contributed by atoms with van der Waals surface area (Å²) in [5.41, 5.74) is 1.30. The van der Waals surface area contributed by atoms with Gasteiger partial charge in [0.25, 0.3) is 5.91 Å². The molecule has 0 fully saturated rings. The van der Waals surface area contributed by atoms with Crippen molar-refractivity contribution in [3.05, 3.63) is 23.9 Å². The molecular formula is C14H15N3O5. The Hall–Kier alpha value is -3.03. The summed E-state index contributed by atoms with van der Waals surface area (Å²) in [5, 5.41) is 14.2. The van der Waals surface area contributed by atoms with Crippen LogP contribution in [0.3, 0.4) is 0 Å². The molecule has 116 valence electrons. The Morgan fingerprint density at radius 2 is 2.18 bits per heavy atom. The van der Waals surface area contributed by atoms with Gasteiger partial charge in [-0.3, -0.25) is 4.79 Å². The van der Waals surface area contributed by atoms with Crippen LogP contribution in [0.25, 0.3) is 10.9 Å². The number of rotatable bonds is 5. The van der Waals surface area contributed by atoms with Gasteiger partial charge in [0.05, 0.1) is 19.4 Å². The largest absolute Gasteiger partial charge is 0.495 e. The van der Waals surface area contributed by atoms with Crippen LogP contribution < -0.4 is 10.1 Å². The third-order valence-electron chi connectivity index (χ3n) is 2.87. The van der Waals surface area contributed by atoms with Crippen LogP contribution in [0.2, 0.25) is 0 Å². The summed E-state index contributed by atoms with van der Waals surface area (Å²) in [6.45, 7) is 2.00. The van der Waals surface area contributed by atoms with E-state index in [-0.39, 0.29) is 6.61 Å². The summed E-state index contributed by atoms with van der Waals surface area (Å²) in [4.78, 5) is 26.1. The van der Waals surface area contributed by atoms with Gasteiger partial charge in [0, 0.05) is 10.9 Å². The Labute approximate surface area is 125 Å². The standard InChI is InChI=1S/C14H15N3O5/c1-3-22-14(19)11-4-8-5-12(21-2)10(6-9(8)16-11)17-13(18)7-15-20/h4-7,16,20H,3H2,1-2H3,(H,17,18). The van der Waals surface area contributed by atoms with E-state index in [1.807, 2.05) is 0 Å². The number of amides is 1. The number of ether oxygens (including phenoxy) is 2. The number of nitrogens with one attached hydrogen (secondary N) is 2. The summed E-state index contributed by atoms with van der Waals surface area (Å²) in [6.07, 6.45) is 0.725. The van der Waals surface area contributed by atoms with Crippen LogP contribution in [0.15, 0.2) is 23.4 Å². The molecular weight excluding hydrogens is 290 g/mol. The van der Waals surface area contributed by atoms with E-state index in [0.717, 1.165) is 11.6 Å². The molecule has 1 amide bonds. The van der Waals surface area contributed by atoms with E-state index in [2.05, 4.69) is 15.5 Å². The van der Waals surface area contributed by atoms with Crippen LogP contribution in [-0.2, 0) is 9.53 Å². The summed E-state index contributed by atoms with van der Waals surface area (Å²) in [7, 11) is 1.45. The van der Waals surface area contributed by atoms with Crippen molar-refractivity contribution in [2.24, 2.45) is 5.16 Å². The molecule has 2 aromatic rings. The van der Waals surface area contributed by atoms with Gasteiger partial charge in [-0.2, -0.15) is 0 Å². The second-order valence-electron chi connectivity index (χ2n) is 4.28. The molecule has 1 aromatic heterocycles. The molecule has 0 radical (unpaired) electrons. The van der Waals surface area contributed by atoms with Crippen molar-refractivity contribution in [1.29, 1.82) is 0 Å². The molecule has 8 heteroatoms. The van der Waals surface area contributed by atoms with E-state index < -0.39 is 11.9 Å². The second kappa shape index (κ2) is 6.61. The highest BCUT2D eigenvalue weighted by molar-refractivity contribution is 6.31. The molecule has 0 spiro atoms. The topological polar surface area (TPSA) is 113 Å². The minimum atomic E-state index is -0.614. The van der Waals surface area contributed by atoms with Crippen molar-refractivity contribution >= 4 is 34.7 Å². The number of aromatic amines is 1. The lowest BCUT2D eigenvalue weighted by Gasteiger charge is -2.08. The first kappa shape index (κ1) is 15.4. The third-order valence-corrected chi connectivity index (χ3v) is 2.87. The molecule has 0 saturated carbocycles. The number of carbonyl (C=O) groups excluding carboxylic acids is 2. The molecule has 0 bridgehead atoms. The van der Waals surface area contributed by atoms with Crippen LogP contribution >= 0.6 is 0 Å². The fourth-order valence-corrected chi connectivity index (χ4v) is 1.96. The summed E-state index contributed by atoms with van der Waals surface area (Å²) in [6, 6.07) is 4.91. The van der Waals surface area contributed by atoms with Crippen LogP contribution in [0.4, 0.5) is 5.69 Å². The minimum Gasteiger partial charge on any atom is -0.495 e. The number of esters is 1. The molecule has 0 unspecified atom stereocenters. The van der Waals surface area contributed by atoms with E-state index in [9.17, 15) is 9.59 Å². The first-order valence-corrected chi connectivity index (χ1v) is 6.45. The monoisotopic (exact) mass is 305 g/mol. The molecule has 0 atom stereocenters. The molecule has 0 aliphatic carbocycles. The number of hydrogen-bond acceptors (Lipinski definition) is 6. The average molecular weight is 305 g/mol. The molecule has 1 aromatic carbocycles. The van der Waals surface area contributed by atoms with E-state index in [4.69, 9.17) is 14.7 Å². The van der Waals surface area contributed by atoms with Gasteiger partial charge in [-0.25, -0.2) is 4.79 Å². The predicted molar refractivity (Wildman–Crippen MR) is 79.7 cm³/mol. The zero-order valence-corrected chi connectivity index (χ0v) is 12.0. The highest BCUT2D eigenvalue weighted by Crippen LogP contribution is 2.30. The molecule has 0 saturated heterocycles. The smallest absolute Gasteiger partial charge is 0.354 e. The van der Waals surface area contributed by atoms with Crippen molar-refractivity contribution in [1.82, 2.24) is 4.98 Å². The van der Waals surface area contributed by atoms with Crippen molar-refractivity contribution in [2.75, 3.05) is 19.0 Å². The van der Waals surface area contributed by atoms with Crippen molar-refractivity contribution in [3.8, 4) is 5.75 Å². The van der Waals surface area contributed by atoms with Crippen molar-refractivity contribution in [2.45, 2.75) is 6.92 Å². The first-order valence-electron chi connectivity index (χ1n) is 6.45. The van der Waals surface area contributed by atoms with Gasteiger partial charge in [-0.05, 0) is 25.1 Å². The quantitative estimate of drug-likeness (QED) is 0.337. The number of nitrogens with zero attached hydrogens (tertiary/aromatic N) is 1. The SMILES string of the molecule is CCOC(=O)c1cc2cc(OC)c(NC(=O)C=NO)cc2[nH]1. The van der Waals surface area contributed by atoms with Crippen LogP contribution in [0.5, 0.6) is 5.75 Å². The van der Waals surface area contributed by atoms with Crippen molar-refractivity contribution in [3.63, 3.8) is 0 Å². The summed E-state index contributed by atoms with van der Waals surface area (Å²) < 4.78 is 10.1. The van der Waals surface area contributed by atoms with Crippen LogP contribution in [0.1, 0.15) is 17.4 Å². The fourth-order valence-electron chi connectivity index (χ4n) is 1.96. The average Bonchev–Trinajstić information content (AvgIpc) is 2.89. The number of methoxy groups -OCH3 is 1. The Morgan fingerprint density at radius 1 is 1.41 bits per heavy atom. The third kappa shape index (κ3) is 3.17.